The predicted molar refractivity (Wildman–Crippen MR) is 104 cm³/mol. The normalized spacial score (nSPS) is 17.0. The van der Waals surface area contributed by atoms with E-state index in [4.69, 9.17) is 9.47 Å². The molecular weight excluding hydrogens is 326 g/mol. The highest BCUT2D eigenvalue weighted by atomic mass is 16.5. The fourth-order valence-electron chi connectivity index (χ4n) is 3.72. The minimum atomic E-state index is 0.305. The van der Waals surface area contributed by atoms with Crippen molar-refractivity contribution < 1.29 is 14.6 Å². The van der Waals surface area contributed by atoms with E-state index in [1.54, 1.807) is 14.2 Å². The topological polar surface area (TPSA) is 41.9 Å². The van der Waals surface area contributed by atoms with E-state index in [1.807, 2.05) is 24.3 Å². The van der Waals surface area contributed by atoms with Crippen molar-refractivity contribution in [3.63, 3.8) is 0 Å². The van der Waals surface area contributed by atoms with E-state index < -0.39 is 0 Å². The maximum Gasteiger partial charge on any atom is 0.118 e. The first-order valence-corrected chi connectivity index (χ1v) is 9.35. The second-order valence-corrected chi connectivity index (χ2v) is 7.00. The van der Waals surface area contributed by atoms with Gasteiger partial charge in [-0.15, -0.1) is 0 Å². The van der Waals surface area contributed by atoms with Gasteiger partial charge < -0.3 is 14.6 Å². The molecule has 1 aliphatic heterocycles. The minimum Gasteiger partial charge on any atom is -0.497 e. The summed E-state index contributed by atoms with van der Waals surface area (Å²) >= 11 is 0. The Morgan fingerprint density at radius 1 is 0.923 bits per heavy atom. The Balaban J connectivity index is 1.80. The summed E-state index contributed by atoms with van der Waals surface area (Å²) < 4.78 is 10.6. The van der Waals surface area contributed by atoms with Gasteiger partial charge in [0.25, 0.3) is 0 Å². The Morgan fingerprint density at radius 3 is 1.96 bits per heavy atom. The van der Waals surface area contributed by atoms with Crippen LogP contribution in [0.25, 0.3) is 0 Å². The summed E-state index contributed by atoms with van der Waals surface area (Å²) in [6, 6.07) is 17.1. The second-order valence-electron chi connectivity index (χ2n) is 7.00. The molecule has 0 aromatic heterocycles. The summed E-state index contributed by atoms with van der Waals surface area (Å²) in [5.74, 6) is 2.22. The zero-order valence-corrected chi connectivity index (χ0v) is 15.7. The van der Waals surface area contributed by atoms with Crippen molar-refractivity contribution in [2.24, 2.45) is 5.92 Å². The van der Waals surface area contributed by atoms with Gasteiger partial charge in [0.15, 0.2) is 0 Å². The third-order valence-corrected chi connectivity index (χ3v) is 5.44. The van der Waals surface area contributed by atoms with Crippen LogP contribution in [0.2, 0.25) is 0 Å². The molecule has 0 aliphatic carbocycles. The molecule has 2 aromatic rings. The minimum absolute atomic E-state index is 0.305. The van der Waals surface area contributed by atoms with Crippen molar-refractivity contribution in [3.05, 3.63) is 59.7 Å². The Kier molecular flexibility index (Phi) is 6.53. The van der Waals surface area contributed by atoms with Crippen LogP contribution >= 0.6 is 0 Å². The van der Waals surface area contributed by atoms with Gasteiger partial charge in [0.05, 0.1) is 14.2 Å². The van der Waals surface area contributed by atoms with Crippen LogP contribution in [0.3, 0.4) is 0 Å². The molecule has 0 bridgehead atoms. The molecule has 26 heavy (non-hydrogen) atoms. The number of aliphatic hydroxyl groups is 1. The fourth-order valence-corrected chi connectivity index (χ4v) is 3.72. The third-order valence-electron chi connectivity index (χ3n) is 5.44. The number of hydrogen-bond donors (Lipinski definition) is 1. The molecular formula is C22H29NO3. The number of ether oxygens (including phenoxy) is 2. The predicted octanol–water partition coefficient (Wildman–Crippen LogP) is 3.69. The smallest absolute Gasteiger partial charge is 0.118 e. The first kappa shape index (κ1) is 18.7. The third kappa shape index (κ3) is 4.57. The van der Waals surface area contributed by atoms with Gasteiger partial charge in [-0.3, -0.25) is 4.90 Å². The van der Waals surface area contributed by atoms with Crippen LogP contribution in [-0.2, 0) is 6.42 Å². The van der Waals surface area contributed by atoms with Crippen LogP contribution in [0.4, 0.5) is 0 Å². The van der Waals surface area contributed by atoms with Crippen molar-refractivity contribution in [2.75, 3.05) is 33.9 Å². The van der Waals surface area contributed by atoms with E-state index >= 15 is 0 Å². The Labute approximate surface area is 156 Å². The molecule has 3 rings (SSSR count). The second kappa shape index (κ2) is 9.06. The van der Waals surface area contributed by atoms with E-state index in [0.29, 0.717) is 18.6 Å². The molecule has 1 fully saturated rings. The summed E-state index contributed by atoms with van der Waals surface area (Å²) in [6.07, 6.45) is 3.08. The largest absolute Gasteiger partial charge is 0.497 e. The van der Waals surface area contributed by atoms with E-state index in [2.05, 4.69) is 29.2 Å². The molecule has 0 radical (unpaired) electrons. The van der Waals surface area contributed by atoms with Gasteiger partial charge in [-0.05, 0) is 73.7 Å². The molecule has 4 nitrogen and oxygen atoms in total. The highest BCUT2D eigenvalue weighted by molar-refractivity contribution is 5.32. The van der Waals surface area contributed by atoms with Gasteiger partial charge in [-0.1, -0.05) is 24.3 Å². The lowest BCUT2D eigenvalue weighted by molar-refractivity contribution is 0.0995. The van der Waals surface area contributed by atoms with E-state index in [-0.39, 0.29) is 0 Å². The van der Waals surface area contributed by atoms with Crippen molar-refractivity contribution in [2.45, 2.75) is 25.3 Å². The van der Waals surface area contributed by atoms with Crippen LogP contribution < -0.4 is 9.47 Å². The zero-order valence-electron chi connectivity index (χ0n) is 15.7. The molecule has 1 N–H and O–H groups in total. The Morgan fingerprint density at radius 2 is 1.46 bits per heavy atom. The average Bonchev–Trinajstić information content (AvgIpc) is 2.73. The van der Waals surface area contributed by atoms with Gasteiger partial charge >= 0.3 is 0 Å². The highest BCUT2D eigenvalue weighted by Crippen LogP contribution is 2.31. The molecule has 1 atom stereocenters. The Hall–Kier alpha value is -2.04. The van der Waals surface area contributed by atoms with Crippen molar-refractivity contribution >= 4 is 0 Å². The highest BCUT2D eigenvalue weighted by Gasteiger charge is 2.26. The maximum atomic E-state index is 9.43. The lowest BCUT2D eigenvalue weighted by Crippen LogP contribution is -2.38. The number of rotatable bonds is 7. The summed E-state index contributed by atoms with van der Waals surface area (Å²) in [7, 11) is 3.39. The molecule has 2 aromatic carbocycles. The van der Waals surface area contributed by atoms with Gasteiger partial charge in [0, 0.05) is 12.6 Å². The molecule has 1 saturated heterocycles. The number of hydrogen-bond acceptors (Lipinski definition) is 4. The molecule has 0 amide bonds. The number of methoxy groups -OCH3 is 2. The van der Waals surface area contributed by atoms with Crippen molar-refractivity contribution in [3.8, 4) is 11.5 Å². The number of aliphatic hydroxyl groups excluding tert-OH is 1. The first-order chi connectivity index (χ1) is 12.7. The zero-order chi connectivity index (χ0) is 18.4. The van der Waals surface area contributed by atoms with Crippen LogP contribution in [0.1, 0.15) is 30.0 Å². The van der Waals surface area contributed by atoms with Crippen LogP contribution in [0.5, 0.6) is 11.5 Å². The van der Waals surface area contributed by atoms with Gasteiger partial charge in [0.1, 0.15) is 11.5 Å². The maximum absolute atomic E-state index is 9.43. The standard InChI is InChI=1S/C22H29NO3/c1-25-20-7-3-17(4-8-20)15-22(19-5-9-21(26-2)10-6-19)23-13-11-18(16-24)12-14-23/h3-10,18,22,24H,11-16H2,1-2H3. The SMILES string of the molecule is COc1ccc(CC(c2ccc(OC)cc2)N2CCC(CO)CC2)cc1. The lowest BCUT2D eigenvalue weighted by Gasteiger charge is -2.37. The first-order valence-electron chi connectivity index (χ1n) is 9.35. The average molecular weight is 355 g/mol. The molecule has 1 unspecified atom stereocenters. The van der Waals surface area contributed by atoms with Crippen LogP contribution in [0, 0.1) is 5.92 Å². The van der Waals surface area contributed by atoms with Gasteiger partial charge in [-0.2, -0.15) is 0 Å². The van der Waals surface area contributed by atoms with E-state index in [1.165, 1.54) is 11.1 Å². The van der Waals surface area contributed by atoms with E-state index in [9.17, 15) is 5.11 Å². The van der Waals surface area contributed by atoms with Crippen molar-refractivity contribution in [1.82, 2.24) is 4.90 Å². The Bertz CT molecular complexity index is 661. The monoisotopic (exact) mass is 355 g/mol. The van der Waals surface area contributed by atoms with E-state index in [0.717, 1.165) is 43.9 Å². The van der Waals surface area contributed by atoms with Crippen molar-refractivity contribution in [1.29, 1.82) is 0 Å². The summed E-state index contributed by atoms with van der Waals surface area (Å²) in [6.45, 7) is 2.36. The molecule has 0 saturated carbocycles. The summed E-state index contributed by atoms with van der Waals surface area (Å²) in [5, 5.41) is 9.43. The number of likely N-dealkylation sites (tertiary alicyclic amines) is 1. The van der Waals surface area contributed by atoms with Crippen LogP contribution in [0.15, 0.2) is 48.5 Å². The van der Waals surface area contributed by atoms with Gasteiger partial charge in [-0.25, -0.2) is 0 Å². The molecule has 1 aliphatic rings. The summed E-state index contributed by atoms with van der Waals surface area (Å²) in [5.41, 5.74) is 2.61. The number of benzene rings is 2. The molecule has 140 valence electrons. The molecule has 4 heteroatoms. The number of piperidine rings is 1. The quantitative estimate of drug-likeness (QED) is 0.822. The molecule has 1 heterocycles. The van der Waals surface area contributed by atoms with Crippen LogP contribution in [-0.4, -0.2) is 43.9 Å². The summed E-state index contributed by atoms with van der Waals surface area (Å²) in [4.78, 5) is 2.55. The fraction of sp³-hybridized carbons (Fsp3) is 0.455. The number of nitrogens with zero attached hydrogens (tertiary/aromatic N) is 1. The lowest BCUT2D eigenvalue weighted by atomic mass is 9.92. The molecule has 0 spiro atoms. The van der Waals surface area contributed by atoms with Gasteiger partial charge in [0.2, 0.25) is 0 Å².